The number of hydrogen-bond acceptors (Lipinski definition) is 1. The zero-order chi connectivity index (χ0) is 10.6. The molecule has 0 aliphatic carbocycles. The third kappa shape index (κ3) is 3.10. The van der Waals surface area contributed by atoms with Gasteiger partial charge in [0, 0.05) is 9.80 Å². The van der Waals surface area contributed by atoms with Crippen LogP contribution in [-0.4, -0.2) is 16.4 Å². The minimum atomic E-state index is -0.891. The Bertz CT molecular complexity index is 337. The monoisotopic (exact) mass is 320 g/mol. The van der Waals surface area contributed by atoms with Crippen molar-refractivity contribution in [2.24, 2.45) is 0 Å². The van der Waals surface area contributed by atoms with Crippen molar-refractivity contribution in [2.45, 2.75) is 12.8 Å². The Morgan fingerprint density at radius 3 is 2.71 bits per heavy atom. The van der Waals surface area contributed by atoms with E-state index in [0.29, 0.717) is 10.0 Å². The normalized spacial score (nSPS) is 10.1. The topological polar surface area (TPSA) is 37.3 Å². The SMILES string of the molecule is O=C(O)c1cc(CCCBr)ccc1Br. The van der Waals surface area contributed by atoms with Gasteiger partial charge in [-0.15, -0.1) is 0 Å². The molecule has 0 saturated carbocycles. The molecule has 1 N–H and O–H groups in total. The fraction of sp³-hybridized carbons (Fsp3) is 0.300. The van der Waals surface area contributed by atoms with E-state index < -0.39 is 5.97 Å². The van der Waals surface area contributed by atoms with E-state index in [9.17, 15) is 4.79 Å². The van der Waals surface area contributed by atoms with Crippen LogP contribution in [0.25, 0.3) is 0 Å². The van der Waals surface area contributed by atoms with E-state index in [1.54, 1.807) is 12.1 Å². The van der Waals surface area contributed by atoms with Gasteiger partial charge in [-0.25, -0.2) is 4.79 Å². The van der Waals surface area contributed by atoms with E-state index in [1.807, 2.05) is 6.07 Å². The first kappa shape index (κ1) is 11.7. The number of aryl methyl sites for hydroxylation is 1. The number of halogens is 2. The number of rotatable bonds is 4. The van der Waals surface area contributed by atoms with Gasteiger partial charge in [0.25, 0.3) is 0 Å². The summed E-state index contributed by atoms with van der Waals surface area (Å²) in [5.41, 5.74) is 1.39. The van der Waals surface area contributed by atoms with Gasteiger partial charge in [-0.3, -0.25) is 0 Å². The van der Waals surface area contributed by atoms with Crippen molar-refractivity contribution < 1.29 is 9.90 Å². The summed E-state index contributed by atoms with van der Waals surface area (Å²) in [6.07, 6.45) is 1.92. The van der Waals surface area contributed by atoms with Gasteiger partial charge in [0.15, 0.2) is 0 Å². The summed E-state index contributed by atoms with van der Waals surface area (Å²) in [7, 11) is 0. The quantitative estimate of drug-likeness (QED) is 0.862. The number of alkyl halides is 1. The first-order valence-corrected chi connectivity index (χ1v) is 6.14. The molecule has 0 fully saturated rings. The summed E-state index contributed by atoms with van der Waals surface area (Å²) >= 11 is 6.55. The number of hydrogen-bond donors (Lipinski definition) is 1. The molecular weight excluding hydrogens is 312 g/mol. The number of benzene rings is 1. The second-order valence-electron chi connectivity index (χ2n) is 2.91. The van der Waals surface area contributed by atoms with Crippen LogP contribution in [-0.2, 0) is 6.42 Å². The molecule has 4 heteroatoms. The van der Waals surface area contributed by atoms with Crippen LogP contribution >= 0.6 is 31.9 Å². The van der Waals surface area contributed by atoms with Crippen LogP contribution in [0.4, 0.5) is 0 Å². The second-order valence-corrected chi connectivity index (χ2v) is 4.56. The van der Waals surface area contributed by atoms with Gasteiger partial charge in [-0.1, -0.05) is 22.0 Å². The molecule has 0 amide bonds. The molecule has 1 aromatic carbocycles. The Labute approximate surface area is 99.6 Å². The van der Waals surface area contributed by atoms with E-state index >= 15 is 0 Å². The third-order valence-electron chi connectivity index (χ3n) is 1.86. The molecule has 0 aliphatic rings. The second kappa shape index (κ2) is 5.51. The van der Waals surface area contributed by atoms with Crippen molar-refractivity contribution in [3.8, 4) is 0 Å². The average molecular weight is 322 g/mol. The fourth-order valence-corrected chi connectivity index (χ4v) is 1.86. The summed E-state index contributed by atoms with van der Waals surface area (Å²) in [5.74, 6) is -0.891. The Morgan fingerprint density at radius 1 is 1.43 bits per heavy atom. The molecule has 0 radical (unpaired) electrons. The van der Waals surface area contributed by atoms with Crippen molar-refractivity contribution >= 4 is 37.8 Å². The van der Waals surface area contributed by atoms with Crippen LogP contribution in [0.15, 0.2) is 22.7 Å². The first-order valence-electron chi connectivity index (χ1n) is 4.23. The smallest absolute Gasteiger partial charge is 0.336 e. The van der Waals surface area contributed by atoms with Crippen LogP contribution in [0.1, 0.15) is 22.3 Å². The zero-order valence-electron chi connectivity index (χ0n) is 7.46. The summed E-state index contributed by atoms with van der Waals surface area (Å²) in [4.78, 5) is 10.8. The van der Waals surface area contributed by atoms with E-state index in [-0.39, 0.29) is 0 Å². The molecule has 0 saturated heterocycles. The van der Waals surface area contributed by atoms with Crippen molar-refractivity contribution in [3.63, 3.8) is 0 Å². The van der Waals surface area contributed by atoms with Gasteiger partial charge in [0.2, 0.25) is 0 Å². The highest BCUT2D eigenvalue weighted by Gasteiger charge is 2.08. The lowest BCUT2D eigenvalue weighted by Gasteiger charge is -2.03. The maximum atomic E-state index is 10.8. The van der Waals surface area contributed by atoms with E-state index in [4.69, 9.17) is 5.11 Å². The van der Waals surface area contributed by atoms with Gasteiger partial charge in [-0.2, -0.15) is 0 Å². The van der Waals surface area contributed by atoms with Gasteiger partial charge >= 0.3 is 5.97 Å². The minimum Gasteiger partial charge on any atom is -0.478 e. The maximum absolute atomic E-state index is 10.8. The zero-order valence-corrected chi connectivity index (χ0v) is 10.6. The summed E-state index contributed by atoms with van der Waals surface area (Å²) in [6.45, 7) is 0. The highest BCUT2D eigenvalue weighted by atomic mass is 79.9. The van der Waals surface area contributed by atoms with Crippen LogP contribution in [0, 0.1) is 0 Å². The molecule has 2 nitrogen and oxygen atoms in total. The van der Waals surface area contributed by atoms with Gasteiger partial charge in [-0.05, 0) is 46.5 Å². The lowest BCUT2D eigenvalue weighted by Crippen LogP contribution is -1.99. The molecule has 0 atom stereocenters. The summed E-state index contributed by atoms with van der Waals surface area (Å²) in [5, 5.41) is 9.81. The molecule has 14 heavy (non-hydrogen) atoms. The van der Waals surface area contributed by atoms with Crippen molar-refractivity contribution in [2.75, 3.05) is 5.33 Å². The molecule has 76 valence electrons. The largest absolute Gasteiger partial charge is 0.478 e. The van der Waals surface area contributed by atoms with Crippen molar-refractivity contribution in [1.82, 2.24) is 0 Å². The Morgan fingerprint density at radius 2 is 2.14 bits per heavy atom. The molecule has 0 unspecified atom stereocenters. The molecule has 0 heterocycles. The van der Waals surface area contributed by atoms with Crippen LogP contribution in [0.2, 0.25) is 0 Å². The van der Waals surface area contributed by atoms with E-state index in [1.165, 1.54) is 0 Å². The van der Waals surface area contributed by atoms with Gasteiger partial charge < -0.3 is 5.11 Å². The number of carboxylic acid groups (broad SMARTS) is 1. The Kier molecular flexibility index (Phi) is 4.62. The minimum absolute atomic E-state index is 0.331. The number of carboxylic acids is 1. The average Bonchev–Trinajstić information content (AvgIpc) is 2.16. The molecule has 1 aromatic rings. The van der Waals surface area contributed by atoms with Gasteiger partial charge in [0.1, 0.15) is 0 Å². The highest BCUT2D eigenvalue weighted by molar-refractivity contribution is 9.10. The number of aromatic carboxylic acids is 1. The predicted molar refractivity (Wildman–Crippen MR) is 63.2 cm³/mol. The molecular formula is C10H10Br2O2. The molecule has 0 bridgehead atoms. The summed E-state index contributed by atoms with van der Waals surface area (Å²) < 4.78 is 0.632. The maximum Gasteiger partial charge on any atom is 0.336 e. The highest BCUT2D eigenvalue weighted by Crippen LogP contribution is 2.19. The lowest BCUT2D eigenvalue weighted by atomic mass is 10.1. The van der Waals surface area contributed by atoms with Crippen molar-refractivity contribution in [3.05, 3.63) is 33.8 Å². The van der Waals surface area contributed by atoms with Crippen LogP contribution < -0.4 is 0 Å². The van der Waals surface area contributed by atoms with Gasteiger partial charge in [0.05, 0.1) is 5.56 Å². The first-order chi connectivity index (χ1) is 6.65. The third-order valence-corrected chi connectivity index (χ3v) is 3.11. The standard InChI is InChI=1S/C10H10Br2O2/c11-5-1-2-7-3-4-9(12)8(6-7)10(13)14/h3-4,6H,1-2,5H2,(H,13,14). The predicted octanol–water partition coefficient (Wildman–Crippen LogP) is 3.47. The van der Waals surface area contributed by atoms with Crippen LogP contribution in [0.5, 0.6) is 0 Å². The van der Waals surface area contributed by atoms with Crippen LogP contribution in [0.3, 0.4) is 0 Å². The van der Waals surface area contributed by atoms with E-state index in [2.05, 4.69) is 31.9 Å². The van der Waals surface area contributed by atoms with Crippen molar-refractivity contribution in [1.29, 1.82) is 0 Å². The Hall–Kier alpha value is -0.350. The molecule has 1 rings (SSSR count). The molecule has 0 aliphatic heterocycles. The lowest BCUT2D eigenvalue weighted by molar-refractivity contribution is 0.0696. The van der Waals surface area contributed by atoms with E-state index in [0.717, 1.165) is 23.7 Å². The summed E-state index contributed by atoms with van der Waals surface area (Å²) in [6, 6.07) is 5.45. The number of carbonyl (C=O) groups is 1. The molecule has 0 aromatic heterocycles. The molecule has 0 spiro atoms. The Balaban J connectivity index is 2.89. The fourth-order valence-electron chi connectivity index (χ4n) is 1.16.